The van der Waals surface area contributed by atoms with Gasteiger partial charge >= 0.3 is 0 Å². The second kappa shape index (κ2) is 11.7. The van der Waals surface area contributed by atoms with Gasteiger partial charge in [-0.3, -0.25) is 0 Å². The van der Waals surface area contributed by atoms with Gasteiger partial charge in [-0.2, -0.15) is 0 Å². The Balaban J connectivity index is 1.15. The number of rotatable bonds is 5. The molecule has 0 unspecified atom stereocenters. The van der Waals surface area contributed by atoms with E-state index in [1.807, 2.05) is 60.7 Å². The van der Waals surface area contributed by atoms with Gasteiger partial charge in [-0.05, 0) is 72.8 Å². The van der Waals surface area contributed by atoms with Gasteiger partial charge in [-0.1, -0.05) is 158 Å². The lowest BCUT2D eigenvalue weighted by Gasteiger charge is -2.15. The van der Waals surface area contributed by atoms with E-state index < -0.39 is 0 Å². The summed E-state index contributed by atoms with van der Waals surface area (Å²) in [5.74, 6) is 1.97. The molecule has 9 aromatic rings. The third kappa shape index (κ3) is 4.99. The highest BCUT2D eigenvalue weighted by Gasteiger charge is 2.15. The molecular formula is C45H29N3. The number of benzene rings is 8. The molecule has 3 nitrogen and oxygen atoms in total. The van der Waals surface area contributed by atoms with E-state index in [-0.39, 0.29) is 0 Å². The summed E-state index contributed by atoms with van der Waals surface area (Å²) in [6, 6.07) is 61.9. The van der Waals surface area contributed by atoms with Gasteiger partial charge in [0.05, 0.1) is 0 Å². The molecule has 0 saturated heterocycles. The van der Waals surface area contributed by atoms with Crippen LogP contribution in [0.2, 0.25) is 0 Å². The van der Waals surface area contributed by atoms with Crippen molar-refractivity contribution in [3.8, 4) is 56.4 Å². The van der Waals surface area contributed by atoms with Crippen LogP contribution in [0.4, 0.5) is 0 Å². The standard InChI is InChI=1S/C45H29N3/c1-3-13-30(14-4-1)43-46-44(31-15-5-2-6-16-31)48-45(47-43)36-26-24-32-27-35(25-23-33(32)28-36)38-19-9-10-21-40(38)42-29-34-17-7-8-18-37(34)39-20-11-12-22-41(39)42/h1-29H. The SMILES string of the molecule is c1ccc(-c2nc(-c3ccccc3)nc(-c3ccc4cc(-c5ccccc5-c5cc6ccccc6c6ccccc56)ccc4c3)n2)cc1. The maximum atomic E-state index is 4.94. The number of hydrogen-bond donors (Lipinski definition) is 0. The second-order valence-electron chi connectivity index (χ2n) is 12.1. The molecule has 3 heteroatoms. The molecule has 0 fully saturated rings. The van der Waals surface area contributed by atoms with Crippen LogP contribution in [-0.2, 0) is 0 Å². The van der Waals surface area contributed by atoms with Crippen molar-refractivity contribution in [2.45, 2.75) is 0 Å². The maximum Gasteiger partial charge on any atom is 0.164 e. The van der Waals surface area contributed by atoms with Crippen LogP contribution in [0.1, 0.15) is 0 Å². The largest absolute Gasteiger partial charge is 0.208 e. The lowest BCUT2D eigenvalue weighted by molar-refractivity contribution is 1.07. The molecule has 0 aliphatic carbocycles. The van der Waals surface area contributed by atoms with E-state index in [1.165, 1.54) is 43.8 Å². The fraction of sp³-hybridized carbons (Fsp3) is 0. The van der Waals surface area contributed by atoms with Gasteiger partial charge in [0.25, 0.3) is 0 Å². The average Bonchev–Trinajstić information content (AvgIpc) is 3.17. The first-order chi connectivity index (χ1) is 23.8. The van der Waals surface area contributed by atoms with Gasteiger partial charge in [-0.25, -0.2) is 15.0 Å². The molecule has 48 heavy (non-hydrogen) atoms. The predicted molar refractivity (Wildman–Crippen MR) is 200 cm³/mol. The molecule has 1 heterocycles. The van der Waals surface area contributed by atoms with Crippen molar-refractivity contribution < 1.29 is 0 Å². The molecule has 0 saturated carbocycles. The van der Waals surface area contributed by atoms with E-state index in [2.05, 4.69) is 115 Å². The first-order valence-electron chi connectivity index (χ1n) is 16.2. The Morgan fingerprint density at radius 1 is 0.250 bits per heavy atom. The van der Waals surface area contributed by atoms with Crippen LogP contribution >= 0.6 is 0 Å². The Hall–Kier alpha value is -6.45. The summed E-state index contributed by atoms with van der Waals surface area (Å²) in [5.41, 5.74) is 7.73. The van der Waals surface area contributed by atoms with Crippen molar-refractivity contribution in [2.75, 3.05) is 0 Å². The first kappa shape index (κ1) is 27.8. The summed E-state index contributed by atoms with van der Waals surface area (Å²) >= 11 is 0. The van der Waals surface area contributed by atoms with Crippen molar-refractivity contribution in [1.29, 1.82) is 0 Å². The van der Waals surface area contributed by atoms with Gasteiger partial charge in [0, 0.05) is 16.7 Å². The van der Waals surface area contributed by atoms with E-state index in [9.17, 15) is 0 Å². The quantitative estimate of drug-likeness (QED) is 0.182. The summed E-state index contributed by atoms with van der Waals surface area (Å²) in [7, 11) is 0. The summed E-state index contributed by atoms with van der Waals surface area (Å²) in [6.45, 7) is 0. The maximum absolute atomic E-state index is 4.94. The fourth-order valence-corrected chi connectivity index (χ4v) is 6.74. The zero-order chi connectivity index (χ0) is 31.9. The van der Waals surface area contributed by atoms with Crippen molar-refractivity contribution in [3.63, 3.8) is 0 Å². The predicted octanol–water partition coefficient (Wildman–Crippen LogP) is 11.7. The van der Waals surface area contributed by atoms with Crippen LogP contribution in [0.25, 0.3) is 88.7 Å². The molecule has 1 aromatic heterocycles. The Morgan fingerprint density at radius 3 is 1.40 bits per heavy atom. The van der Waals surface area contributed by atoms with Crippen LogP contribution in [0.3, 0.4) is 0 Å². The minimum Gasteiger partial charge on any atom is -0.208 e. The van der Waals surface area contributed by atoms with Crippen LogP contribution < -0.4 is 0 Å². The zero-order valence-corrected chi connectivity index (χ0v) is 26.1. The Labute approximate surface area is 278 Å². The number of nitrogens with zero attached hydrogens (tertiary/aromatic N) is 3. The summed E-state index contributed by atoms with van der Waals surface area (Å²) in [5, 5.41) is 7.35. The molecule has 0 bridgehead atoms. The fourth-order valence-electron chi connectivity index (χ4n) is 6.74. The van der Waals surface area contributed by atoms with Crippen molar-refractivity contribution in [1.82, 2.24) is 15.0 Å². The normalized spacial score (nSPS) is 11.3. The van der Waals surface area contributed by atoms with Gasteiger partial charge in [0.2, 0.25) is 0 Å². The van der Waals surface area contributed by atoms with Gasteiger partial charge in [0.15, 0.2) is 17.5 Å². The van der Waals surface area contributed by atoms with Gasteiger partial charge in [-0.15, -0.1) is 0 Å². The molecule has 0 aliphatic heterocycles. The third-order valence-electron chi connectivity index (χ3n) is 9.09. The molecule has 0 atom stereocenters. The first-order valence-corrected chi connectivity index (χ1v) is 16.2. The minimum absolute atomic E-state index is 0.655. The molecular weight excluding hydrogens is 583 g/mol. The second-order valence-corrected chi connectivity index (χ2v) is 12.1. The number of aromatic nitrogens is 3. The molecule has 0 spiro atoms. The minimum atomic E-state index is 0.655. The van der Waals surface area contributed by atoms with Crippen molar-refractivity contribution >= 4 is 32.3 Å². The van der Waals surface area contributed by atoms with E-state index in [0.29, 0.717) is 17.5 Å². The van der Waals surface area contributed by atoms with E-state index in [1.54, 1.807) is 0 Å². The Bertz CT molecular complexity index is 2550. The summed E-state index contributed by atoms with van der Waals surface area (Å²) in [4.78, 5) is 14.7. The van der Waals surface area contributed by atoms with Gasteiger partial charge in [0.1, 0.15) is 0 Å². The molecule has 0 amide bonds. The Kier molecular flexibility index (Phi) is 6.80. The highest BCUT2D eigenvalue weighted by molar-refractivity contribution is 6.15. The lowest BCUT2D eigenvalue weighted by atomic mass is 9.88. The number of hydrogen-bond acceptors (Lipinski definition) is 3. The van der Waals surface area contributed by atoms with Crippen molar-refractivity contribution in [3.05, 3.63) is 176 Å². The average molecular weight is 612 g/mol. The molecule has 0 N–H and O–H groups in total. The third-order valence-corrected chi connectivity index (χ3v) is 9.09. The molecule has 8 aromatic carbocycles. The monoisotopic (exact) mass is 611 g/mol. The van der Waals surface area contributed by atoms with E-state index in [0.717, 1.165) is 27.5 Å². The van der Waals surface area contributed by atoms with Crippen LogP contribution in [-0.4, -0.2) is 15.0 Å². The molecule has 0 radical (unpaired) electrons. The zero-order valence-electron chi connectivity index (χ0n) is 26.1. The summed E-state index contributed by atoms with van der Waals surface area (Å²) in [6.07, 6.45) is 0. The van der Waals surface area contributed by atoms with E-state index >= 15 is 0 Å². The molecule has 224 valence electrons. The molecule has 9 rings (SSSR count). The number of fused-ring (bicyclic) bond motifs is 4. The topological polar surface area (TPSA) is 38.7 Å². The smallest absolute Gasteiger partial charge is 0.164 e. The van der Waals surface area contributed by atoms with E-state index in [4.69, 9.17) is 15.0 Å². The van der Waals surface area contributed by atoms with Crippen molar-refractivity contribution in [2.24, 2.45) is 0 Å². The van der Waals surface area contributed by atoms with Crippen LogP contribution in [0, 0.1) is 0 Å². The van der Waals surface area contributed by atoms with Crippen LogP contribution in [0.15, 0.2) is 176 Å². The van der Waals surface area contributed by atoms with Crippen LogP contribution in [0.5, 0.6) is 0 Å². The molecule has 0 aliphatic rings. The summed E-state index contributed by atoms with van der Waals surface area (Å²) < 4.78 is 0. The highest BCUT2D eigenvalue weighted by Crippen LogP contribution is 2.40. The van der Waals surface area contributed by atoms with Gasteiger partial charge < -0.3 is 0 Å². The Morgan fingerprint density at radius 2 is 0.729 bits per heavy atom. The lowest BCUT2D eigenvalue weighted by Crippen LogP contribution is -2.00. The highest BCUT2D eigenvalue weighted by atomic mass is 15.0.